The molecule has 0 atom stereocenters. The Morgan fingerprint density at radius 1 is 1.04 bits per heavy atom. The van der Waals surface area contributed by atoms with Crippen molar-refractivity contribution in [2.24, 2.45) is 0 Å². The van der Waals surface area contributed by atoms with Gasteiger partial charge >= 0.3 is 0 Å². The van der Waals surface area contributed by atoms with Gasteiger partial charge < -0.3 is 9.40 Å². The number of pyridine rings is 1. The third-order valence-corrected chi connectivity index (χ3v) is 4.72. The lowest BCUT2D eigenvalue weighted by Gasteiger charge is -2.09. The van der Waals surface area contributed by atoms with Crippen LogP contribution in [-0.4, -0.2) is 25.1 Å². The number of fused-ring (bicyclic) bond motifs is 2. The lowest BCUT2D eigenvalue weighted by molar-refractivity contribution is 0.574. The highest BCUT2D eigenvalue weighted by atomic mass is 16.3. The Morgan fingerprint density at radius 2 is 1.96 bits per heavy atom. The van der Waals surface area contributed by atoms with Crippen molar-refractivity contribution < 1.29 is 4.42 Å². The van der Waals surface area contributed by atoms with E-state index in [1.165, 1.54) is 10.9 Å². The number of oxazole rings is 1. The maximum atomic E-state index is 5.47. The fourth-order valence-electron chi connectivity index (χ4n) is 3.59. The average Bonchev–Trinajstić information content (AvgIpc) is 3.38. The van der Waals surface area contributed by atoms with E-state index >= 15 is 0 Å². The Kier molecular flexibility index (Phi) is 3.18. The maximum Gasteiger partial charge on any atom is 0.225 e. The average molecular weight is 343 g/mol. The van der Waals surface area contributed by atoms with Gasteiger partial charge in [-0.3, -0.25) is 5.10 Å². The maximum absolute atomic E-state index is 5.47. The third kappa shape index (κ3) is 2.15. The van der Waals surface area contributed by atoms with E-state index in [4.69, 9.17) is 4.42 Å². The van der Waals surface area contributed by atoms with Gasteiger partial charge in [0.05, 0.1) is 18.1 Å². The van der Waals surface area contributed by atoms with E-state index in [2.05, 4.69) is 51.1 Å². The van der Waals surface area contributed by atoms with Crippen LogP contribution in [0.1, 0.15) is 25.3 Å². The minimum atomic E-state index is 0.341. The molecule has 2 N–H and O–H groups in total. The van der Waals surface area contributed by atoms with Crippen LogP contribution in [-0.2, 0) is 0 Å². The highest BCUT2D eigenvalue weighted by Gasteiger charge is 2.19. The van der Waals surface area contributed by atoms with Gasteiger partial charge in [-0.05, 0) is 35.7 Å². The van der Waals surface area contributed by atoms with Gasteiger partial charge in [-0.15, -0.1) is 0 Å². The van der Waals surface area contributed by atoms with Crippen LogP contribution in [0.15, 0.2) is 53.5 Å². The molecular formula is C20H17N5O. The van der Waals surface area contributed by atoms with Gasteiger partial charge in [-0.1, -0.05) is 13.8 Å². The van der Waals surface area contributed by atoms with Crippen molar-refractivity contribution in [2.45, 2.75) is 19.8 Å². The van der Waals surface area contributed by atoms with Crippen LogP contribution in [0, 0.1) is 0 Å². The van der Waals surface area contributed by atoms with Crippen molar-refractivity contribution in [3.8, 4) is 22.7 Å². The van der Waals surface area contributed by atoms with Crippen molar-refractivity contribution in [3.63, 3.8) is 0 Å². The largest absolute Gasteiger partial charge is 0.445 e. The molecule has 5 aromatic rings. The lowest BCUT2D eigenvalue weighted by atomic mass is 9.95. The van der Waals surface area contributed by atoms with Crippen LogP contribution >= 0.6 is 0 Å². The second-order valence-electron chi connectivity index (χ2n) is 6.66. The summed E-state index contributed by atoms with van der Waals surface area (Å²) in [5.41, 5.74) is 6.32. The topological polar surface area (TPSA) is 83.4 Å². The van der Waals surface area contributed by atoms with Crippen LogP contribution in [0.2, 0.25) is 0 Å². The normalized spacial score (nSPS) is 11.8. The summed E-state index contributed by atoms with van der Waals surface area (Å²) in [6.07, 6.45) is 6.89. The van der Waals surface area contributed by atoms with Crippen LogP contribution < -0.4 is 0 Å². The van der Waals surface area contributed by atoms with E-state index < -0.39 is 0 Å². The molecule has 6 nitrogen and oxygen atoms in total. The number of rotatable bonds is 3. The second-order valence-corrected chi connectivity index (χ2v) is 6.66. The minimum Gasteiger partial charge on any atom is -0.445 e. The Bertz CT molecular complexity index is 1210. The molecule has 4 aromatic heterocycles. The van der Waals surface area contributed by atoms with Gasteiger partial charge in [0.2, 0.25) is 5.89 Å². The predicted octanol–water partition coefficient (Wildman–Crippen LogP) is 4.88. The first kappa shape index (κ1) is 14.9. The summed E-state index contributed by atoms with van der Waals surface area (Å²) in [4.78, 5) is 12.2. The quantitative estimate of drug-likeness (QED) is 0.489. The molecule has 128 valence electrons. The molecular weight excluding hydrogens is 326 g/mol. The van der Waals surface area contributed by atoms with Crippen LogP contribution in [0.25, 0.3) is 44.6 Å². The van der Waals surface area contributed by atoms with Crippen molar-refractivity contribution >= 4 is 21.9 Å². The minimum absolute atomic E-state index is 0.341. The number of aromatic nitrogens is 5. The zero-order chi connectivity index (χ0) is 17.7. The summed E-state index contributed by atoms with van der Waals surface area (Å²) in [5, 5.41) is 9.27. The predicted molar refractivity (Wildman–Crippen MR) is 101 cm³/mol. The van der Waals surface area contributed by atoms with Crippen molar-refractivity contribution in [2.75, 3.05) is 0 Å². The van der Waals surface area contributed by atoms with Crippen molar-refractivity contribution in [3.05, 3.63) is 54.7 Å². The van der Waals surface area contributed by atoms with E-state index in [9.17, 15) is 0 Å². The van der Waals surface area contributed by atoms with Gasteiger partial charge in [0.25, 0.3) is 0 Å². The number of benzene rings is 1. The molecule has 0 aliphatic carbocycles. The SMILES string of the molecule is CC(C)c1c(-c2ccnc3[nH]ncc23)[nH]c2ccc(-c3ncco3)cc12. The second kappa shape index (κ2) is 5.56. The van der Waals surface area contributed by atoms with E-state index in [1.54, 1.807) is 12.5 Å². The third-order valence-electron chi connectivity index (χ3n) is 4.72. The van der Waals surface area contributed by atoms with Gasteiger partial charge in [0.15, 0.2) is 5.65 Å². The highest BCUT2D eigenvalue weighted by molar-refractivity contribution is 5.99. The van der Waals surface area contributed by atoms with Gasteiger partial charge in [-0.2, -0.15) is 5.10 Å². The number of hydrogen-bond donors (Lipinski definition) is 2. The first-order valence-electron chi connectivity index (χ1n) is 8.56. The van der Waals surface area contributed by atoms with Gasteiger partial charge in [0.1, 0.15) is 6.26 Å². The molecule has 0 bridgehead atoms. The molecule has 6 heteroatoms. The summed E-state index contributed by atoms with van der Waals surface area (Å²) in [5.74, 6) is 0.971. The zero-order valence-corrected chi connectivity index (χ0v) is 14.4. The van der Waals surface area contributed by atoms with Gasteiger partial charge in [0, 0.05) is 33.6 Å². The molecule has 0 saturated carbocycles. The Hall–Kier alpha value is -3.41. The summed E-state index contributed by atoms with van der Waals surface area (Å²) >= 11 is 0. The van der Waals surface area contributed by atoms with E-state index in [0.717, 1.165) is 33.4 Å². The van der Waals surface area contributed by atoms with Crippen molar-refractivity contribution in [1.82, 2.24) is 25.1 Å². The number of aromatic amines is 2. The highest BCUT2D eigenvalue weighted by Crippen LogP contribution is 2.39. The van der Waals surface area contributed by atoms with Crippen molar-refractivity contribution in [1.29, 1.82) is 0 Å². The Labute approximate surface area is 149 Å². The molecule has 1 aromatic carbocycles. The molecule has 5 rings (SSSR count). The Balaban J connectivity index is 1.80. The summed E-state index contributed by atoms with van der Waals surface area (Å²) < 4.78 is 5.47. The standard InChI is InChI=1S/C20H17N5O/c1-11(2)17-14-9-12(20-22-7-8-26-20)3-4-16(14)24-18(17)13-5-6-21-19-15(13)10-23-25-19/h3-11,24H,1-2H3,(H,21,23,25). The fourth-order valence-corrected chi connectivity index (χ4v) is 3.59. The van der Waals surface area contributed by atoms with Gasteiger partial charge in [-0.25, -0.2) is 9.97 Å². The molecule has 4 heterocycles. The first-order chi connectivity index (χ1) is 12.7. The lowest BCUT2D eigenvalue weighted by Crippen LogP contribution is -1.91. The molecule has 0 saturated heterocycles. The molecule has 0 unspecified atom stereocenters. The summed E-state index contributed by atoms with van der Waals surface area (Å²) in [6.45, 7) is 4.41. The van der Waals surface area contributed by atoms with E-state index in [1.807, 2.05) is 24.5 Å². The van der Waals surface area contributed by atoms with Crippen LogP contribution in [0.4, 0.5) is 0 Å². The molecule has 0 amide bonds. The number of H-pyrrole nitrogens is 2. The summed E-state index contributed by atoms with van der Waals surface area (Å²) in [6, 6.07) is 8.28. The fraction of sp³-hybridized carbons (Fsp3) is 0.150. The molecule has 0 aliphatic rings. The summed E-state index contributed by atoms with van der Waals surface area (Å²) in [7, 11) is 0. The number of nitrogens with zero attached hydrogens (tertiary/aromatic N) is 3. The zero-order valence-electron chi connectivity index (χ0n) is 14.4. The van der Waals surface area contributed by atoms with Crippen LogP contribution in [0.3, 0.4) is 0 Å². The number of nitrogens with one attached hydrogen (secondary N) is 2. The first-order valence-corrected chi connectivity index (χ1v) is 8.56. The monoisotopic (exact) mass is 343 g/mol. The van der Waals surface area contributed by atoms with Crippen LogP contribution in [0.5, 0.6) is 0 Å². The number of hydrogen-bond acceptors (Lipinski definition) is 4. The molecule has 0 radical (unpaired) electrons. The Morgan fingerprint density at radius 3 is 2.77 bits per heavy atom. The molecule has 0 aliphatic heterocycles. The molecule has 0 fully saturated rings. The molecule has 0 spiro atoms. The van der Waals surface area contributed by atoms with E-state index in [-0.39, 0.29) is 0 Å². The van der Waals surface area contributed by atoms with E-state index in [0.29, 0.717) is 11.8 Å². The molecule has 26 heavy (non-hydrogen) atoms. The smallest absolute Gasteiger partial charge is 0.225 e.